The molecule has 2 heteroatoms. The molecule has 0 heterocycles. The molecule has 0 N–H and O–H groups in total. The Balaban J connectivity index is 2.54. The molecule has 1 nitrogen and oxygen atoms in total. The molecule has 0 fully saturated rings. The Hall–Kier alpha value is -0.820. The number of ketones is 1. The monoisotopic (exact) mass is 224 g/mol. The van der Waals surface area contributed by atoms with Crippen molar-refractivity contribution in [3.8, 4) is 0 Å². The molecule has 0 radical (unpaired) electrons. The fourth-order valence-electron chi connectivity index (χ4n) is 1.58. The number of rotatable bonds is 5. The lowest BCUT2D eigenvalue weighted by atomic mass is 9.95. The second kappa shape index (κ2) is 5.92. The SMILES string of the molecule is CCCC(=O)C(C)Cc1ccc(Cl)cc1. The van der Waals surface area contributed by atoms with E-state index in [1.54, 1.807) is 0 Å². The minimum absolute atomic E-state index is 0.117. The second-order valence-electron chi connectivity index (χ2n) is 3.95. The van der Waals surface area contributed by atoms with Gasteiger partial charge in [0, 0.05) is 17.4 Å². The van der Waals surface area contributed by atoms with Gasteiger partial charge in [-0.25, -0.2) is 0 Å². The molecular formula is C13H17ClO. The summed E-state index contributed by atoms with van der Waals surface area (Å²) in [7, 11) is 0. The van der Waals surface area contributed by atoms with Crippen molar-refractivity contribution in [3.05, 3.63) is 34.9 Å². The summed E-state index contributed by atoms with van der Waals surface area (Å²) in [5.74, 6) is 0.471. The minimum Gasteiger partial charge on any atom is -0.299 e. The highest BCUT2D eigenvalue weighted by Gasteiger charge is 2.12. The van der Waals surface area contributed by atoms with Crippen molar-refractivity contribution in [2.75, 3.05) is 0 Å². The van der Waals surface area contributed by atoms with Crippen molar-refractivity contribution in [1.29, 1.82) is 0 Å². The molecule has 0 aliphatic carbocycles. The third kappa shape index (κ3) is 4.05. The Morgan fingerprint density at radius 3 is 2.47 bits per heavy atom. The molecule has 0 amide bonds. The van der Waals surface area contributed by atoms with Crippen LogP contribution >= 0.6 is 11.6 Å². The van der Waals surface area contributed by atoms with Crippen molar-refractivity contribution in [1.82, 2.24) is 0 Å². The largest absolute Gasteiger partial charge is 0.299 e. The van der Waals surface area contributed by atoms with E-state index < -0.39 is 0 Å². The van der Waals surface area contributed by atoms with Crippen LogP contribution in [0.3, 0.4) is 0 Å². The van der Waals surface area contributed by atoms with E-state index in [4.69, 9.17) is 11.6 Å². The Labute approximate surface area is 96.5 Å². The zero-order valence-electron chi connectivity index (χ0n) is 9.29. The first-order chi connectivity index (χ1) is 7.13. The Morgan fingerprint density at radius 2 is 1.93 bits per heavy atom. The highest BCUT2D eigenvalue weighted by molar-refractivity contribution is 6.30. The van der Waals surface area contributed by atoms with E-state index in [2.05, 4.69) is 0 Å². The van der Waals surface area contributed by atoms with Gasteiger partial charge in [-0.15, -0.1) is 0 Å². The molecule has 0 aliphatic rings. The molecule has 0 aromatic heterocycles. The maximum atomic E-state index is 11.6. The third-order valence-electron chi connectivity index (χ3n) is 2.50. The van der Waals surface area contributed by atoms with Gasteiger partial charge in [0.05, 0.1) is 0 Å². The zero-order chi connectivity index (χ0) is 11.3. The zero-order valence-corrected chi connectivity index (χ0v) is 10.1. The summed E-state index contributed by atoms with van der Waals surface area (Å²) in [5.41, 5.74) is 1.18. The predicted octanol–water partition coefficient (Wildman–Crippen LogP) is 3.89. The van der Waals surface area contributed by atoms with Gasteiger partial charge >= 0.3 is 0 Å². The quantitative estimate of drug-likeness (QED) is 0.742. The number of benzene rings is 1. The van der Waals surface area contributed by atoms with Gasteiger partial charge in [0.25, 0.3) is 0 Å². The van der Waals surface area contributed by atoms with E-state index in [9.17, 15) is 4.79 Å². The average molecular weight is 225 g/mol. The van der Waals surface area contributed by atoms with Crippen molar-refractivity contribution in [2.45, 2.75) is 33.1 Å². The summed E-state index contributed by atoms with van der Waals surface area (Å²) in [6.07, 6.45) is 2.44. The van der Waals surface area contributed by atoms with E-state index >= 15 is 0 Å². The number of carbonyl (C=O) groups excluding carboxylic acids is 1. The summed E-state index contributed by atoms with van der Waals surface area (Å²) < 4.78 is 0. The van der Waals surface area contributed by atoms with Crippen molar-refractivity contribution in [3.63, 3.8) is 0 Å². The van der Waals surface area contributed by atoms with Crippen LogP contribution in [0.1, 0.15) is 32.3 Å². The molecule has 0 aliphatic heterocycles. The van der Waals surface area contributed by atoms with E-state index in [-0.39, 0.29) is 5.92 Å². The summed E-state index contributed by atoms with van der Waals surface area (Å²) in [5, 5.41) is 0.742. The van der Waals surface area contributed by atoms with Crippen LogP contribution in [0.15, 0.2) is 24.3 Å². The average Bonchev–Trinajstić information content (AvgIpc) is 2.22. The fourth-order valence-corrected chi connectivity index (χ4v) is 1.71. The molecule has 15 heavy (non-hydrogen) atoms. The van der Waals surface area contributed by atoms with Crippen LogP contribution in [0.25, 0.3) is 0 Å². The standard InChI is InChI=1S/C13H17ClO/c1-3-4-13(15)10(2)9-11-5-7-12(14)8-6-11/h5-8,10H,3-4,9H2,1-2H3. The molecule has 1 aromatic rings. The van der Waals surface area contributed by atoms with Crippen LogP contribution in [-0.4, -0.2) is 5.78 Å². The van der Waals surface area contributed by atoms with Crippen molar-refractivity contribution < 1.29 is 4.79 Å². The van der Waals surface area contributed by atoms with E-state index in [1.807, 2.05) is 38.1 Å². The van der Waals surface area contributed by atoms with Crippen molar-refractivity contribution >= 4 is 17.4 Å². The number of hydrogen-bond donors (Lipinski definition) is 0. The molecule has 1 aromatic carbocycles. The molecule has 82 valence electrons. The molecule has 1 rings (SSSR count). The summed E-state index contributed by atoms with van der Waals surface area (Å²) in [6, 6.07) is 7.71. The highest BCUT2D eigenvalue weighted by atomic mass is 35.5. The van der Waals surface area contributed by atoms with Crippen LogP contribution < -0.4 is 0 Å². The molecule has 0 saturated heterocycles. The topological polar surface area (TPSA) is 17.1 Å². The smallest absolute Gasteiger partial charge is 0.136 e. The van der Waals surface area contributed by atoms with Gasteiger partial charge in [-0.1, -0.05) is 37.6 Å². The summed E-state index contributed by atoms with van der Waals surface area (Å²) in [6.45, 7) is 4.03. The normalized spacial score (nSPS) is 12.5. The lowest BCUT2D eigenvalue weighted by Gasteiger charge is -2.09. The first-order valence-electron chi connectivity index (χ1n) is 5.40. The van der Waals surface area contributed by atoms with Crippen LogP contribution in [-0.2, 0) is 11.2 Å². The van der Waals surface area contributed by atoms with E-state index in [0.29, 0.717) is 12.2 Å². The first kappa shape index (κ1) is 12.3. The summed E-state index contributed by atoms with van der Waals surface area (Å²) >= 11 is 5.79. The second-order valence-corrected chi connectivity index (χ2v) is 4.38. The van der Waals surface area contributed by atoms with Gasteiger partial charge in [0.15, 0.2) is 0 Å². The molecule has 0 saturated carbocycles. The van der Waals surface area contributed by atoms with Gasteiger partial charge in [0.1, 0.15) is 5.78 Å². The Kier molecular flexibility index (Phi) is 4.83. The van der Waals surface area contributed by atoms with Crippen LogP contribution in [0.4, 0.5) is 0 Å². The lowest BCUT2D eigenvalue weighted by molar-refractivity contribution is -0.122. The van der Waals surface area contributed by atoms with Crippen molar-refractivity contribution in [2.24, 2.45) is 5.92 Å². The fraction of sp³-hybridized carbons (Fsp3) is 0.462. The van der Waals surface area contributed by atoms with Gasteiger partial charge in [-0.3, -0.25) is 4.79 Å². The molecule has 1 unspecified atom stereocenters. The molecule has 1 atom stereocenters. The number of halogens is 1. The molecule has 0 spiro atoms. The van der Waals surface area contributed by atoms with Gasteiger partial charge < -0.3 is 0 Å². The van der Waals surface area contributed by atoms with Crippen LogP contribution in [0, 0.1) is 5.92 Å². The lowest BCUT2D eigenvalue weighted by Crippen LogP contribution is -2.12. The number of carbonyl (C=O) groups is 1. The van der Waals surface area contributed by atoms with E-state index in [1.165, 1.54) is 5.56 Å². The first-order valence-corrected chi connectivity index (χ1v) is 5.78. The van der Waals surface area contributed by atoms with E-state index in [0.717, 1.165) is 17.9 Å². The van der Waals surface area contributed by atoms with Gasteiger partial charge in [-0.05, 0) is 30.5 Å². The number of Topliss-reactive ketones (excluding diaryl/α,β-unsaturated/α-hetero) is 1. The third-order valence-corrected chi connectivity index (χ3v) is 2.75. The maximum absolute atomic E-state index is 11.6. The molecule has 0 bridgehead atoms. The number of hydrogen-bond acceptors (Lipinski definition) is 1. The highest BCUT2D eigenvalue weighted by Crippen LogP contribution is 2.14. The molecular weight excluding hydrogens is 208 g/mol. The summed E-state index contributed by atoms with van der Waals surface area (Å²) in [4.78, 5) is 11.6. The van der Waals surface area contributed by atoms with Crippen LogP contribution in [0.2, 0.25) is 5.02 Å². The van der Waals surface area contributed by atoms with Gasteiger partial charge in [-0.2, -0.15) is 0 Å². The predicted molar refractivity (Wildman–Crippen MR) is 64.2 cm³/mol. The Bertz CT molecular complexity index is 316. The van der Waals surface area contributed by atoms with Crippen LogP contribution in [0.5, 0.6) is 0 Å². The maximum Gasteiger partial charge on any atom is 0.136 e. The Morgan fingerprint density at radius 1 is 1.33 bits per heavy atom. The minimum atomic E-state index is 0.117. The van der Waals surface area contributed by atoms with Gasteiger partial charge in [0.2, 0.25) is 0 Å².